The summed E-state index contributed by atoms with van der Waals surface area (Å²) >= 11 is 0. The Morgan fingerprint density at radius 3 is 2.88 bits per heavy atom. The molecule has 7 heteroatoms. The van der Waals surface area contributed by atoms with Crippen molar-refractivity contribution >= 4 is 11.7 Å². The number of ether oxygens (including phenoxy) is 1. The molecule has 2 aromatic rings. The monoisotopic (exact) mass is 343 g/mol. The maximum atomic E-state index is 12.3. The molecule has 1 aliphatic rings. The van der Waals surface area contributed by atoms with E-state index in [0.717, 1.165) is 37.3 Å². The Hall–Kier alpha value is -2.41. The van der Waals surface area contributed by atoms with Crippen molar-refractivity contribution in [3.05, 3.63) is 24.4 Å². The van der Waals surface area contributed by atoms with Crippen LogP contribution in [-0.2, 0) is 4.79 Å². The van der Waals surface area contributed by atoms with Gasteiger partial charge in [-0.1, -0.05) is 6.92 Å². The van der Waals surface area contributed by atoms with Gasteiger partial charge in [0.05, 0.1) is 12.8 Å². The van der Waals surface area contributed by atoms with Crippen molar-refractivity contribution in [1.82, 2.24) is 20.1 Å². The van der Waals surface area contributed by atoms with Crippen LogP contribution in [0.15, 0.2) is 24.4 Å². The molecule has 1 atom stereocenters. The largest absolute Gasteiger partial charge is 0.481 e. The van der Waals surface area contributed by atoms with Gasteiger partial charge in [-0.15, -0.1) is 0 Å². The molecule has 0 saturated carbocycles. The number of pyridine rings is 1. The number of nitrogens with one attached hydrogen (secondary N) is 2. The SMILES string of the molecule is COc1ccc(-c2cc(NC(=O)C(C)CCN3CCCC3)n[nH]2)cn1. The lowest BCUT2D eigenvalue weighted by atomic mass is 10.1. The van der Waals surface area contributed by atoms with Gasteiger partial charge in [0.1, 0.15) is 0 Å². The number of amides is 1. The highest BCUT2D eigenvalue weighted by Crippen LogP contribution is 2.21. The summed E-state index contributed by atoms with van der Waals surface area (Å²) in [6.45, 7) is 5.27. The Labute approximate surface area is 147 Å². The van der Waals surface area contributed by atoms with Crippen LogP contribution in [0.4, 0.5) is 5.82 Å². The first kappa shape index (κ1) is 17.4. The van der Waals surface area contributed by atoms with E-state index in [9.17, 15) is 4.79 Å². The van der Waals surface area contributed by atoms with Gasteiger partial charge in [0.15, 0.2) is 5.82 Å². The quantitative estimate of drug-likeness (QED) is 0.807. The molecular formula is C18H25N5O2. The second-order valence-corrected chi connectivity index (χ2v) is 6.48. The number of nitrogens with zero attached hydrogens (tertiary/aromatic N) is 3. The fraction of sp³-hybridized carbons (Fsp3) is 0.500. The van der Waals surface area contributed by atoms with E-state index in [1.165, 1.54) is 12.8 Å². The van der Waals surface area contributed by atoms with E-state index in [1.807, 2.05) is 19.1 Å². The Morgan fingerprint density at radius 2 is 2.20 bits per heavy atom. The van der Waals surface area contributed by atoms with Gasteiger partial charge in [0, 0.05) is 29.8 Å². The number of hydrogen-bond donors (Lipinski definition) is 2. The molecule has 2 aromatic heterocycles. The summed E-state index contributed by atoms with van der Waals surface area (Å²) in [5.74, 6) is 1.06. The first-order valence-electron chi connectivity index (χ1n) is 8.75. The first-order valence-corrected chi connectivity index (χ1v) is 8.75. The zero-order valence-corrected chi connectivity index (χ0v) is 14.8. The van der Waals surface area contributed by atoms with Gasteiger partial charge in [-0.05, 0) is 45.0 Å². The van der Waals surface area contributed by atoms with Gasteiger partial charge in [0.25, 0.3) is 0 Å². The summed E-state index contributed by atoms with van der Waals surface area (Å²) in [5, 5.41) is 9.98. The number of likely N-dealkylation sites (tertiary alicyclic amines) is 1. The lowest BCUT2D eigenvalue weighted by Crippen LogP contribution is -2.27. The predicted molar refractivity (Wildman–Crippen MR) is 96.5 cm³/mol. The van der Waals surface area contributed by atoms with E-state index in [0.29, 0.717) is 11.7 Å². The summed E-state index contributed by atoms with van der Waals surface area (Å²) < 4.78 is 5.05. The van der Waals surface area contributed by atoms with Crippen LogP contribution in [0.3, 0.4) is 0 Å². The fourth-order valence-electron chi connectivity index (χ4n) is 2.96. The van der Waals surface area contributed by atoms with Crippen LogP contribution >= 0.6 is 0 Å². The number of anilines is 1. The number of aromatic amines is 1. The molecular weight excluding hydrogens is 318 g/mol. The minimum absolute atomic E-state index is 0.00472. The summed E-state index contributed by atoms with van der Waals surface area (Å²) in [7, 11) is 1.58. The highest BCUT2D eigenvalue weighted by Gasteiger charge is 2.18. The number of carbonyl (C=O) groups excluding carboxylic acids is 1. The molecule has 1 aliphatic heterocycles. The van der Waals surface area contributed by atoms with Crippen molar-refractivity contribution in [2.75, 3.05) is 32.1 Å². The van der Waals surface area contributed by atoms with Crippen LogP contribution in [-0.4, -0.2) is 52.7 Å². The normalized spacial score (nSPS) is 15.9. The molecule has 1 unspecified atom stereocenters. The molecule has 3 heterocycles. The number of hydrogen-bond acceptors (Lipinski definition) is 5. The lowest BCUT2D eigenvalue weighted by Gasteiger charge is -2.17. The highest BCUT2D eigenvalue weighted by atomic mass is 16.5. The molecule has 25 heavy (non-hydrogen) atoms. The molecule has 0 aliphatic carbocycles. The smallest absolute Gasteiger partial charge is 0.228 e. The molecule has 134 valence electrons. The fourth-order valence-corrected chi connectivity index (χ4v) is 2.96. The number of rotatable bonds is 7. The molecule has 3 rings (SSSR count). The minimum atomic E-state index is -0.0385. The van der Waals surface area contributed by atoms with E-state index in [-0.39, 0.29) is 11.8 Å². The zero-order valence-electron chi connectivity index (χ0n) is 14.8. The average molecular weight is 343 g/mol. The molecule has 2 N–H and O–H groups in total. The van der Waals surface area contributed by atoms with Crippen LogP contribution in [0, 0.1) is 5.92 Å². The van der Waals surface area contributed by atoms with Crippen LogP contribution in [0.2, 0.25) is 0 Å². The van der Waals surface area contributed by atoms with Gasteiger partial charge in [-0.3, -0.25) is 9.89 Å². The summed E-state index contributed by atoms with van der Waals surface area (Å²) in [5.41, 5.74) is 1.69. The third-order valence-corrected chi connectivity index (χ3v) is 4.61. The topological polar surface area (TPSA) is 83.1 Å². The Balaban J connectivity index is 1.53. The Morgan fingerprint density at radius 1 is 1.40 bits per heavy atom. The molecule has 0 bridgehead atoms. The number of carbonyl (C=O) groups is 1. The third kappa shape index (κ3) is 4.57. The Kier molecular flexibility index (Phi) is 5.65. The van der Waals surface area contributed by atoms with E-state index in [4.69, 9.17) is 4.74 Å². The minimum Gasteiger partial charge on any atom is -0.481 e. The van der Waals surface area contributed by atoms with Gasteiger partial charge >= 0.3 is 0 Å². The van der Waals surface area contributed by atoms with Crippen molar-refractivity contribution in [3.63, 3.8) is 0 Å². The third-order valence-electron chi connectivity index (χ3n) is 4.61. The molecule has 1 fully saturated rings. The maximum Gasteiger partial charge on any atom is 0.228 e. The standard InChI is InChI=1S/C18H25N5O2/c1-13(7-10-23-8-3-4-9-23)18(24)20-16-11-15(21-22-16)14-5-6-17(25-2)19-12-14/h5-6,11-13H,3-4,7-10H2,1-2H3,(H2,20,21,22,24). The van der Waals surface area contributed by atoms with Gasteiger partial charge in [0.2, 0.25) is 11.8 Å². The van der Waals surface area contributed by atoms with E-state index < -0.39 is 0 Å². The van der Waals surface area contributed by atoms with Crippen molar-refractivity contribution in [2.24, 2.45) is 5.92 Å². The van der Waals surface area contributed by atoms with Crippen LogP contribution < -0.4 is 10.1 Å². The van der Waals surface area contributed by atoms with E-state index in [2.05, 4.69) is 25.4 Å². The summed E-state index contributed by atoms with van der Waals surface area (Å²) in [6.07, 6.45) is 5.12. The van der Waals surface area contributed by atoms with Crippen LogP contribution in [0.25, 0.3) is 11.3 Å². The molecule has 1 saturated heterocycles. The van der Waals surface area contributed by atoms with Crippen molar-refractivity contribution in [3.8, 4) is 17.1 Å². The lowest BCUT2D eigenvalue weighted by molar-refractivity contribution is -0.119. The maximum absolute atomic E-state index is 12.3. The summed E-state index contributed by atoms with van der Waals surface area (Å²) in [4.78, 5) is 18.9. The number of H-pyrrole nitrogens is 1. The van der Waals surface area contributed by atoms with Gasteiger partial charge in [-0.2, -0.15) is 5.10 Å². The van der Waals surface area contributed by atoms with E-state index >= 15 is 0 Å². The predicted octanol–water partition coefficient (Wildman–Crippen LogP) is 2.54. The second kappa shape index (κ2) is 8.11. The number of aromatic nitrogens is 3. The van der Waals surface area contributed by atoms with Crippen LogP contribution in [0.1, 0.15) is 26.2 Å². The molecule has 0 spiro atoms. The average Bonchev–Trinajstić information content (AvgIpc) is 3.31. The van der Waals surface area contributed by atoms with Gasteiger partial charge in [-0.25, -0.2) is 4.98 Å². The molecule has 0 radical (unpaired) electrons. The molecule has 1 amide bonds. The van der Waals surface area contributed by atoms with Crippen molar-refractivity contribution < 1.29 is 9.53 Å². The Bertz CT molecular complexity index is 692. The van der Waals surface area contributed by atoms with Crippen molar-refractivity contribution in [1.29, 1.82) is 0 Å². The molecule has 7 nitrogen and oxygen atoms in total. The van der Waals surface area contributed by atoms with Gasteiger partial charge < -0.3 is 15.0 Å². The van der Waals surface area contributed by atoms with E-state index in [1.54, 1.807) is 19.4 Å². The second-order valence-electron chi connectivity index (χ2n) is 6.48. The first-order chi connectivity index (χ1) is 12.2. The summed E-state index contributed by atoms with van der Waals surface area (Å²) in [6, 6.07) is 5.49. The van der Waals surface area contributed by atoms with Crippen LogP contribution in [0.5, 0.6) is 5.88 Å². The zero-order chi connectivity index (χ0) is 17.6. The molecule has 0 aromatic carbocycles. The number of methoxy groups -OCH3 is 1. The van der Waals surface area contributed by atoms with Crippen molar-refractivity contribution in [2.45, 2.75) is 26.2 Å². The highest BCUT2D eigenvalue weighted by molar-refractivity contribution is 5.91.